The fraction of sp³-hybridized carbons (Fsp3) is 0.400. The van der Waals surface area contributed by atoms with E-state index < -0.39 is 0 Å². The van der Waals surface area contributed by atoms with Crippen LogP contribution in [-0.4, -0.2) is 70.9 Å². The SMILES string of the molecule is CCN(CC)C(=O)c1cccc(C(=O)N2CCN(c3ccccn3)CC2)n1. The molecule has 0 spiro atoms. The third kappa shape index (κ3) is 4.24. The molecule has 3 heterocycles. The van der Waals surface area contributed by atoms with Crippen LogP contribution in [0.2, 0.25) is 0 Å². The van der Waals surface area contributed by atoms with Crippen LogP contribution in [0, 0.1) is 0 Å². The Balaban J connectivity index is 1.67. The molecule has 1 aliphatic heterocycles. The number of nitrogens with zero attached hydrogens (tertiary/aromatic N) is 5. The van der Waals surface area contributed by atoms with E-state index in [-0.39, 0.29) is 11.8 Å². The van der Waals surface area contributed by atoms with Gasteiger partial charge < -0.3 is 14.7 Å². The van der Waals surface area contributed by atoms with Crippen LogP contribution in [0.15, 0.2) is 42.6 Å². The lowest BCUT2D eigenvalue weighted by atomic mass is 10.2. The fourth-order valence-electron chi connectivity index (χ4n) is 3.19. The van der Waals surface area contributed by atoms with Crippen molar-refractivity contribution in [1.29, 1.82) is 0 Å². The third-order valence-corrected chi connectivity index (χ3v) is 4.78. The largest absolute Gasteiger partial charge is 0.353 e. The predicted octanol–water partition coefficient (Wildman–Crippen LogP) is 1.92. The van der Waals surface area contributed by atoms with Crippen molar-refractivity contribution in [3.63, 3.8) is 0 Å². The molecule has 3 rings (SSSR count). The molecule has 7 nitrogen and oxygen atoms in total. The van der Waals surface area contributed by atoms with E-state index in [9.17, 15) is 9.59 Å². The van der Waals surface area contributed by atoms with Crippen LogP contribution in [0.3, 0.4) is 0 Å². The van der Waals surface area contributed by atoms with Gasteiger partial charge in [0.2, 0.25) is 0 Å². The van der Waals surface area contributed by atoms with E-state index in [0.29, 0.717) is 37.6 Å². The topological polar surface area (TPSA) is 69.6 Å². The molecule has 0 radical (unpaired) electrons. The first kappa shape index (κ1) is 18.8. The number of hydrogen-bond donors (Lipinski definition) is 0. The van der Waals surface area contributed by atoms with Crippen LogP contribution < -0.4 is 4.90 Å². The molecular weight excluding hydrogens is 342 g/mol. The van der Waals surface area contributed by atoms with Crippen molar-refractivity contribution < 1.29 is 9.59 Å². The second-order valence-electron chi connectivity index (χ2n) is 6.35. The normalized spacial score (nSPS) is 14.1. The summed E-state index contributed by atoms with van der Waals surface area (Å²) in [6.07, 6.45) is 1.77. The summed E-state index contributed by atoms with van der Waals surface area (Å²) in [5, 5.41) is 0. The number of rotatable bonds is 5. The van der Waals surface area contributed by atoms with Gasteiger partial charge in [0, 0.05) is 45.5 Å². The molecule has 0 unspecified atom stereocenters. The summed E-state index contributed by atoms with van der Waals surface area (Å²) in [6.45, 7) is 7.74. The van der Waals surface area contributed by atoms with Gasteiger partial charge in [0.1, 0.15) is 17.2 Å². The molecule has 1 saturated heterocycles. The summed E-state index contributed by atoms with van der Waals surface area (Å²) in [7, 11) is 0. The second kappa shape index (κ2) is 8.62. The number of amides is 2. The van der Waals surface area contributed by atoms with E-state index in [2.05, 4.69) is 14.9 Å². The molecule has 0 aliphatic carbocycles. The Kier molecular flexibility index (Phi) is 6.01. The molecular formula is C20H25N5O2. The van der Waals surface area contributed by atoms with Crippen molar-refractivity contribution in [1.82, 2.24) is 19.8 Å². The number of piperazine rings is 1. The van der Waals surface area contributed by atoms with Crippen molar-refractivity contribution in [2.75, 3.05) is 44.2 Å². The van der Waals surface area contributed by atoms with Crippen LogP contribution >= 0.6 is 0 Å². The fourth-order valence-corrected chi connectivity index (χ4v) is 3.19. The van der Waals surface area contributed by atoms with Crippen LogP contribution in [0.5, 0.6) is 0 Å². The molecule has 142 valence electrons. The standard InChI is InChI=1S/C20H25N5O2/c1-3-23(4-2)19(26)16-8-7-9-17(22-16)20(27)25-14-12-24(13-15-25)18-10-5-6-11-21-18/h5-11H,3-4,12-15H2,1-2H3. The summed E-state index contributed by atoms with van der Waals surface area (Å²) >= 11 is 0. The Hall–Kier alpha value is -2.96. The first-order chi connectivity index (χ1) is 13.1. The van der Waals surface area contributed by atoms with Gasteiger partial charge in [0.05, 0.1) is 0 Å². The quantitative estimate of drug-likeness (QED) is 0.808. The maximum Gasteiger partial charge on any atom is 0.272 e. The van der Waals surface area contributed by atoms with Crippen LogP contribution in [0.25, 0.3) is 0 Å². The van der Waals surface area contributed by atoms with Crippen molar-refractivity contribution in [2.45, 2.75) is 13.8 Å². The van der Waals surface area contributed by atoms with Gasteiger partial charge in [-0.1, -0.05) is 12.1 Å². The second-order valence-corrected chi connectivity index (χ2v) is 6.35. The van der Waals surface area contributed by atoms with Crippen LogP contribution in [0.1, 0.15) is 34.8 Å². The zero-order chi connectivity index (χ0) is 19.2. The van der Waals surface area contributed by atoms with E-state index >= 15 is 0 Å². The Morgan fingerprint density at radius 3 is 2.30 bits per heavy atom. The van der Waals surface area contributed by atoms with Gasteiger partial charge in [-0.2, -0.15) is 0 Å². The van der Waals surface area contributed by atoms with Gasteiger partial charge in [-0.3, -0.25) is 9.59 Å². The van der Waals surface area contributed by atoms with E-state index in [0.717, 1.165) is 18.9 Å². The highest BCUT2D eigenvalue weighted by Crippen LogP contribution is 2.14. The summed E-state index contributed by atoms with van der Waals surface area (Å²) < 4.78 is 0. The van der Waals surface area contributed by atoms with Crippen LogP contribution in [0.4, 0.5) is 5.82 Å². The summed E-state index contributed by atoms with van der Waals surface area (Å²) in [5.41, 5.74) is 0.635. The lowest BCUT2D eigenvalue weighted by molar-refractivity contribution is 0.0738. The number of carbonyl (C=O) groups is 2. The van der Waals surface area contributed by atoms with E-state index in [1.807, 2.05) is 32.0 Å². The molecule has 2 amide bonds. The zero-order valence-electron chi connectivity index (χ0n) is 15.8. The number of pyridine rings is 2. The van der Waals surface area contributed by atoms with E-state index in [1.165, 1.54) is 0 Å². The Labute approximate surface area is 159 Å². The first-order valence-corrected chi connectivity index (χ1v) is 9.35. The molecule has 2 aromatic heterocycles. The van der Waals surface area contributed by atoms with Gasteiger partial charge in [-0.15, -0.1) is 0 Å². The van der Waals surface area contributed by atoms with Gasteiger partial charge in [0.15, 0.2) is 0 Å². The average Bonchev–Trinajstić information content (AvgIpc) is 2.75. The molecule has 7 heteroatoms. The zero-order valence-corrected chi connectivity index (χ0v) is 15.8. The minimum Gasteiger partial charge on any atom is -0.353 e. The number of anilines is 1. The number of aromatic nitrogens is 2. The maximum atomic E-state index is 12.8. The number of hydrogen-bond acceptors (Lipinski definition) is 5. The third-order valence-electron chi connectivity index (χ3n) is 4.78. The molecule has 0 N–H and O–H groups in total. The molecule has 27 heavy (non-hydrogen) atoms. The molecule has 0 saturated carbocycles. The smallest absolute Gasteiger partial charge is 0.272 e. The van der Waals surface area contributed by atoms with Crippen molar-refractivity contribution in [3.05, 3.63) is 54.0 Å². The van der Waals surface area contributed by atoms with Gasteiger partial charge in [-0.05, 0) is 38.1 Å². The van der Waals surface area contributed by atoms with Gasteiger partial charge >= 0.3 is 0 Å². The molecule has 1 fully saturated rings. The minimum absolute atomic E-state index is 0.134. The lowest BCUT2D eigenvalue weighted by Gasteiger charge is -2.35. The lowest BCUT2D eigenvalue weighted by Crippen LogP contribution is -2.49. The molecule has 0 atom stereocenters. The predicted molar refractivity (Wildman–Crippen MR) is 104 cm³/mol. The highest BCUT2D eigenvalue weighted by Gasteiger charge is 2.24. The Bertz CT molecular complexity index is 784. The summed E-state index contributed by atoms with van der Waals surface area (Å²) in [5.74, 6) is 0.647. The van der Waals surface area contributed by atoms with Crippen molar-refractivity contribution in [3.8, 4) is 0 Å². The highest BCUT2D eigenvalue weighted by molar-refractivity contribution is 5.96. The Morgan fingerprint density at radius 1 is 0.963 bits per heavy atom. The Morgan fingerprint density at radius 2 is 1.67 bits per heavy atom. The van der Waals surface area contributed by atoms with E-state index in [1.54, 1.807) is 34.2 Å². The molecule has 1 aliphatic rings. The summed E-state index contributed by atoms with van der Waals surface area (Å²) in [6, 6.07) is 10.9. The van der Waals surface area contributed by atoms with Gasteiger partial charge in [-0.25, -0.2) is 9.97 Å². The van der Waals surface area contributed by atoms with Gasteiger partial charge in [0.25, 0.3) is 11.8 Å². The van der Waals surface area contributed by atoms with Crippen molar-refractivity contribution >= 4 is 17.6 Å². The first-order valence-electron chi connectivity index (χ1n) is 9.35. The minimum atomic E-state index is -0.144. The monoisotopic (exact) mass is 367 g/mol. The number of carbonyl (C=O) groups excluding carboxylic acids is 2. The average molecular weight is 367 g/mol. The summed E-state index contributed by atoms with van der Waals surface area (Å²) in [4.78, 5) is 39.7. The van der Waals surface area contributed by atoms with Crippen LogP contribution in [-0.2, 0) is 0 Å². The molecule has 0 bridgehead atoms. The van der Waals surface area contributed by atoms with E-state index in [4.69, 9.17) is 0 Å². The maximum absolute atomic E-state index is 12.8. The highest BCUT2D eigenvalue weighted by atomic mass is 16.2. The van der Waals surface area contributed by atoms with Crippen molar-refractivity contribution in [2.24, 2.45) is 0 Å². The molecule has 0 aromatic carbocycles. The molecule has 2 aromatic rings.